The summed E-state index contributed by atoms with van der Waals surface area (Å²) < 4.78 is 8.37. The van der Waals surface area contributed by atoms with Crippen molar-refractivity contribution in [2.24, 2.45) is 0 Å². The molecule has 0 atom stereocenters. The van der Waals surface area contributed by atoms with Gasteiger partial charge in [-0.25, -0.2) is 4.98 Å². The lowest BCUT2D eigenvalue weighted by molar-refractivity contribution is 0.370. The zero-order valence-corrected chi connectivity index (χ0v) is 18.8. The summed E-state index contributed by atoms with van der Waals surface area (Å²) >= 11 is 7.70. The summed E-state index contributed by atoms with van der Waals surface area (Å²) in [6.07, 6.45) is 1.50. The highest BCUT2D eigenvalue weighted by atomic mass is 35.5. The maximum absolute atomic E-state index is 13.0. The van der Waals surface area contributed by atoms with E-state index in [4.69, 9.17) is 16.1 Å². The molecule has 0 saturated heterocycles. The number of halogens is 1. The molecule has 8 heteroatoms. The molecule has 0 spiro atoms. The van der Waals surface area contributed by atoms with E-state index in [0.717, 1.165) is 15.6 Å². The van der Waals surface area contributed by atoms with Crippen molar-refractivity contribution in [3.63, 3.8) is 0 Å². The molecule has 6 nitrogen and oxygen atoms in total. The van der Waals surface area contributed by atoms with Crippen LogP contribution in [0.3, 0.4) is 0 Å². The van der Waals surface area contributed by atoms with Crippen LogP contribution in [0.2, 0.25) is 5.02 Å². The molecular weight excluding hydrogens is 432 g/mol. The highest BCUT2D eigenvalue weighted by molar-refractivity contribution is 7.25. The third kappa shape index (κ3) is 3.54. The lowest BCUT2D eigenvalue weighted by Crippen LogP contribution is -2.20. The minimum atomic E-state index is -0.156. The van der Waals surface area contributed by atoms with Gasteiger partial charge in [0.2, 0.25) is 11.7 Å². The Labute approximate surface area is 187 Å². The molecule has 0 saturated carbocycles. The predicted molar refractivity (Wildman–Crippen MR) is 124 cm³/mol. The fourth-order valence-electron chi connectivity index (χ4n) is 3.48. The average molecular weight is 451 g/mol. The largest absolute Gasteiger partial charge is 0.337 e. The Morgan fingerprint density at radius 3 is 2.65 bits per heavy atom. The molecule has 3 heterocycles. The second kappa shape index (κ2) is 7.28. The summed E-state index contributed by atoms with van der Waals surface area (Å²) in [4.78, 5) is 22.0. The monoisotopic (exact) mass is 450 g/mol. The number of benzene rings is 2. The van der Waals surface area contributed by atoms with Gasteiger partial charge in [-0.15, -0.1) is 11.3 Å². The summed E-state index contributed by atoms with van der Waals surface area (Å²) in [6.45, 7) is 6.65. The molecule has 0 fully saturated rings. The van der Waals surface area contributed by atoms with Crippen LogP contribution in [0.4, 0.5) is 0 Å². The van der Waals surface area contributed by atoms with Gasteiger partial charge < -0.3 is 4.52 Å². The Hall–Kier alpha value is -3.03. The molecule has 0 radical (unpaired) electrons. The molecule has 2 aromatic carbocycles. The number of thiophene rings is 1. The summed E-state index contributed by atoms with van der Waals surface area (Å²) in [5.41, 5.74) is 2.64. The molecule has 0 aliphatic carbocycles. The van der Waals surface area contributed by atoms with Crippen LogP contribution in [0.5, 0.6) is 0 Å². The number of hydrogen-bond donors (Lipinski definition) is 0. The Bertz CT molecular complexity index is 1480. The maximum Gasteiger partial charge on any atom is 0.271 e. The lowest BCUT2D eigenvalue weighted by Gasteiger charge is -2.18. The van der Waals surface area contributed by atoms with Crippen LogP contribution < -0.4 is 5.56 Å². The van der Waals surface area contributed by atoms with Crippen molar-refractivity contribution in [1.82, 2.24) is 19.7 Å². The number of fused-ring (bicyclic) bond motifs is 3. The Morgan fingerprint density at radius 2 is 1.90 bits per heavy atom. The predicted octanol–water partition coefficient (Wildman–Crippen LogP) is 5.66. The fourth-order valence-corrected chi connectivity index (χ4v) is 4.93. The quantitative estimate of drug-likeness (QED) is 0.354. The second-order valence-corrected chi connectivity index (χ2v) is 9.87. The van der Waals surface area contributed by atoms with E-state index in [-0.39, 0.29) is 17.5 Å². The van der Waals surface area contributed by atoms with Crippen molar-refractivity contribution in [1.29, 1.82) is 0 Å². The van der Waals surface area contributed by atoms with Crippen LogP contribution in [-0.2, 0) is 12.0 Å². The molecule has 156 valence electrons. The van der Waals surface area contributed by atoms with E-state index in [1.165, 1.54) is 27.8 Å². The van der Waals surface area contributed by atoms with E-state index in [9.17, 15) is 4.79 Å². The van der Waals surface area contributed by atoms with E-state index in [2.05, 4.69) is 48.0 Å². The summed E-state index contributed by atoms with van der Waals surface area (Å²) in [5, 5.41) is 5.48. The van der Waals surface area contributed by atoms with E-state index in [1.807, 2.05) is 24.3 Å². The summed E-state index contributed by atoms with van der Waals surface area (Å²) in [5.74, 6) is 0.837. The van der Waals surface area contributed by atoms with Crippen molar-refractivity contribution in [3.8, 4) is 11.4 Å². The highest BCUT2D eigenvalue weighted by Gasteiger charge is 2.17. The number of nitrogens with zero attached hydrogens (tertiary/aromatic N) is 4. The minimum absolute atomic E-state index is 0.0740. The van der Waals surface area contributed by atoms with Crippen molar-refractivity contribution >= 4 is 43.2 Å². The lowest BCUT2D eigenvalue weighted by atomic mass is 9.87. The molecule has 0 N–H and O–H groups in total. The van der Waals surface area contributed by atoms with Gasteiger partial charge in [0.25, 0.3) is 5.56 Å². The first-order valence-corrected chi connectivity index (χ1v) is 11.0. The van der Waals surface area contributed by atoms with Crippen LogP contribution in [0.15, 0.2) is 58.1 Å². The molecule has 3 aromatic heterocycles. The Balaban J connectivity index is 1.46. The standard InChI is InChI=1S/C23H19ClN4O2S/c1-23(2,3)14-9-7-13(8-10-14)21-26-17(30-27-21)11-28-12-25-19-18-15(24)5-4-6-16(18)31-20(19)22(28)29/h4-10,12H,11H2,1-3H3. The summed E-state index contributed by atoms with van der Waals surface area (Å²) in [6, 6.07) is 13.7. The molecule has 31 heavy (non-hydrogen) atoms. The molecule has 0 unspecified atom stereocenters. The zero-order valence-electron chi connectivity index (χ0n) is 17.2. The van der Waals surface area contributed by atoms with Crippen LogP contribution in [0.1, 0.15) is 32.2 Å². The molecule has 0 amide bonds. The van der Waals surface area contributed by atoms with Gasteiger partial charge in [-0.05, 0) is 23.1 Å². The first kappa shape index (κ1) is 19.9. The van der Waals surface area contributed by atoms with Gasteiger partial charge in [0, 0.05) is 15.6 Å². The number of hydrogen-bond acceptors (Lipinski definition) is 6. The minimum Gasteiger partial charge on any atom is -0.337 e. The van der Waals surface area contributed by atoms with Crippen molar-refractivity contribution < 1.29 is 4.52 Å². The van der Waals surface area contributed by atoms with E-state index < -0.39 is 0 Å². The van der Waals surface area contributed by atoms with Crippen molar-refractivity contribution in [2.75, 3.05) is 0 Å². The van der Waals surface area contributed by atoms with Gasteiger partial charge in [0.15, 0.2) is 0 Å². The van der Waals surface area contributed by atoms with Crippen LogP contribution in [-0.4, -0.2) is 19.7 Å². The van der Waals surface area contributed by atoms with Crippen molar-refractivity contribution in [2.45, 2.75) is 32.7 Å². The number of rotatable bonds is 3. The second-order valence-electron chi connectivity index (χ2n) is 8.41. The Morgan fingerprint density at radius 1 is 1.13 bits per heavy atom. The smallest absolute Gasteiger partial charge is 0.271 e. The normalized spacial score (nSPS) is 12.1. The van der Waals surface area contributed by atoms with E-state index >= 15 is 0 Å². The molecule has 5 aromatic rings. The average Bonchev–Trinajstić information content (AvgIpc) is 3.35. The zero-order chi connectivity index (χ0) is 21.8. The third-order valence-electron chi connectivity index (χ3n) is 5.20. The first-order chi connectivity index (χ1) is 14.8. The van der Waals surface area contributed by atoms with Crippen LogP contribution in [0.25, 0.3) is 31.7 Å². The molecule has 0 aliphatic heterocycles. The fraction of sp³-hybridized carbons (Fsp3) is 0.217. The molecular formula is C23H19ClN4O2S. The van der Waals surface area contributed by atoms with Gasteiger partial charge in [0.1, 0.15) is 11.2 Å². The van der Waals surface area contributed by atoms with Gasteiger partial charge in [-0.3, -0.25) is 9.36 Å². The third-order valence-corrected chi connectivity index (χ3v) is 6.65. The van der Waals surface area contributed by atoms with E-state index in [1.54, 1.807) is 6.07 Å². The van der Waals surface area contributed by atoms with E-state index in [0.29, 0.717) is 27.0 Å². The highest BCUT2D eigenvalue weighted by Crippen LogP contribution is 2.35. The SMILES string of the molecule is CC(C)(C)c1ccc(-c2noc(Cn3cnc4c(sc5cccc(Cl)c54)c3=O)n2)cc1. The van der Waals surface area contributed by atoms with Crippen LogP contribution in [0, 0.1) is 0 Å². The maximum atomic E-state index is 13.0. The van der Waals surface area contributed by atoms with Crippen molar-refractivity contribution in [3.05, 3.63) is 75.6 Å². The first-order valence-electron chi connectivity index (χ1n) is 9.81. The topological polar surface area (TPSA) is 73.8 Å². The van der Waals surface area contributed by atoms with Gasteiger partial charge in [-0.2, -0.15) is 4.98 Å². The molecule has 0 bridgehead atoms. The van der Waals surface area contributed by atoms with Crippen LogP contribution >= 0.6 is 22.9 Å². The molecule has 0 aliphatic rings. The molecule has 5 rings (SSSR count). The van der Waals surface area contributed by atoms with Gasteiger partial charge >= 0.3 is 0 Å². The number of aromatic nitrogens is 4. The van der Waals surface area contributed by atoms with Gasteiger partial charge in [0.05, 0.1) is 16.9 Å². The summed E-state index contributed by atoms with van der Waals surface area (Å²) in [7, 11) is 0. The van der Waals surface area contributed by atoms with Gasteiger partial charge in [-0.1, -0.05) is 67.9 Å². The Kier molecular flexibility index (Phi) is 4.68.